The monoisotopic (exact) mass is 300 g/mol. The number of anilines is 3. The molecule has 0 aliphatic carbocycles. The van der Waals surface area contributed by atoms with E-state index in [1.807, 2.05) is 6.07 Å². The van der Waals surface area contributed by atoms with Crippen LogP contribution in [0, 0.1) is 19.8 Å². The van der Waals surface area contributed by atoms with Gasteiger partial charge in [0.25, 0.3) is 0 Å². The van der Waals surface area contributed by atoms with E-state index in [4.69, 9.17) is 17.2 Å². The average molecular weight is 300 g/mol. The van der Waals surface area contributed by atoms with Gasteiger partial charge in [-0.15, -0.1) is 0 Å². The van der Waals surface area contributed by atoms with Gasteiger partial charge in [-0.25, -0.2) is 9.97 Å². The quantitative estimate of drug-likeness (QED) is 0.642. The van der Waals surface area contributed by atoms with E-state index in [2.05, 4.69) is 40.4 Å². The van der Waals surface area contributed by atoms with Crippen LogP contribution in [0.3, 0.4) is 0 Å². The summed E-state index contributed by atoms with van der Waals surface area (Å²) in [7, 11) is 0. The van der Waals surface area contributed by atoms with Crippen molar-refractivity contribution in [1.82, 2.24) is 9.97 Å². The molecule has 1 unspecified atom stereocenters. The molecule has 0 aliphatic rings. The SMILES string of the molecule is Cc1ccccc1CC(CN)CNc1nc(C)c(N)nc1N. The minimum Gasteiger partial charge on any atom is -0.382 e. The minimum absolute atomic E-state index is 0.292. The summed E-state index contributed by atoms with van der Waals surface area (Å²) in [5, 5.41) is 3.24. The van der Waals surface area contributed by atoms with Crippen LogP contribution in [0.4, 0.5) is 17.5 Å². The average Bonchev–Trinajstić information content (AvgIpc) is 2.50. The van der Waals surface area contributed by atoms with Gasteiger partial charge in [0.15, 0.2) is 11.6 Å². The lowest BCUT2D eigenvalue weighted by Gasteiger charge is -2.18. The third-order valence-electron chi connectivity index (χ3n) is 3.80. The molecule has 0 radical (unpaired) electrons. The molecule has 1 atom stereocenters. The summed E-state index contributed by atoms with van der Waals surface area (Å²) in [6.07, 6.45) is 0.914. The van der Waals surface area contributed by atoms with Crippen LogP contribution >= 0.6 is 0 Å². The van der Waals surface area contributed by atoms with Crippen molar-refractivity contribution in [2.75, 3.05) is 29.9 Å². The predicted molar refractivity (Wildman–Crippen MR) is 91.5 cm³/mol. The second-order valence-electron chi connectivity index (χ2n) is 5.54. The van der Waals surface area contributed by atoms with E-state index in [9.17, 15) is 0 Å². The molecule has 118 valence electrons. The Morgan fingerprint density at radius 3 is 2.50 bits per heavy atom. The normalized spacial score (nSPS) is 12.1. The van der Waals surface area contributed by atoms with Gasteiger partial charge >= 0.3 is 0 Å². The first kappa shape index (κ1) is 16.0. The van der Waals surface area contributed by atoms with Crippen molar-refractivity contribution in [3.8, 4) is 0 Å². The first-order chi connectivity index (χ1) is 10.5. The molecular weight excluding hydrogens is 276 g/mol. The molecule has 6 nitrogen and oxygen atoms in total. The number of aromatic nitrogens is 2. The number of benzene rings is 1. The van der Waals surface area contributed by atoms with Crippen LogP contribution in [0.5, 0.6) is 0 Å². The molecule has 2 rings (SSSR count). The number of hydrogen-bond donors (Lipinski definition) is 4. The number of aryl methyl sites for hydroxylation is 2. The van der Waals surface area contributed by atoms with Gasteiger partial charge < -0.3 is 22.5 Å². The summed E-state index contributed by atoms with van der Waals surface area (Å²) in [5.74, 6) is 1.53. The van der Waals surface area contributed by atoms with E-state index in [1.165, 1.54) is 11.1 Å². The Hall–Kier alpha value is -2.34. The van der Waals surface area contributed by atoms with Crippen LogP contribution in [-0.2, 0) is 6.42 Å². The van der Waals surface area contributed by atoms with E-state index in [0.717, 1.165) is 6.42 Å². The number of nitrogens with zero attached hydrogens (tertiary/aromatic N) is 2. The topological polar surface area (TPSA) is 116 Å². The van der Waals surface area contributed by atoms with Gasteiger partial charge in [-0.1, -0.05) is 24.3 Å². The standard InChI is InChI=1S/C16H24N6/c1-10-5-3-4-6-13(10)7-12(8-17)9-20-16-15(19)22-14(18)11(2)21-16/h3-6,12H,7-9,17H2,1-2H3,(H,20,21)(H4,18,19,22). The van der Waals surface area contributed by atoms with Gasteiger partial charge in [0, 0.05) is 6.54 Å². The van der Waals surface area contributed by atoms with Gasteiger partial charge in [0.05, 0.1) is 5.69 Å². The number of nitrogens with two attached hydrogens (primary N) is 3. The zero-order valence-corrected chi connectivity index (χ0v) is 13.1. The van der Waals surface area contributed by atoms with Crippen LogP contribution in [0.15, 0.2) is 24.3 Å². The Kier molecular flexibility index (Phi) is 5.16. The van der Waals surface area contributed by atoms with Crippen LogP contribution in [0.2, 0.25) is 0 Å². The van der Waals surface area contributed by atoms with Crippen molar-refractivity contribution in [3.05, 3.63) is 41.1 Å². The molecule has 1 heterocycles. The maximum absolute atomic E-state index is 5.90. The fourth-order valence-electron chi connectivity index (χ4n) is 2.31. The number of nitrogen functional groups attached to an aromatic ring is 2. The Bertz CT molecular complexity index is 641. The molecule has 6 heteroatoms. The molecule has 0 fully saturated rings. The van der Waals surface area contributed by atoms with Gasteiger partial charge in [-0.3, -0.25) is 0 Å². The highest BCUT2D eigenvalue weighted by molar-refractivity contribution is 5.59. The smallest absolute Gasteiger partial charge is 0.169 e. The van der Waals surface area contributed by atoms with Crippen LogP contribution in [0.1, 0.15) is 16.8 Å². The third kappa shape index (κ3) is 3.85. The predicted octanol–water partition coefficient (Wildman–Crippen LogP) is 1.49. The number of hydrogen-bond acceptors (Lipinski definition) is 6. The largest absolute Gasteiger partial charge is 0.382 e. The third-order valence-corrected chi connectivity index (χ3v) is 3.80. The fourth-order valence-corrected chi connectivity index (χ4v) is 2.31. The van der Waals surface area contributed by atoms with Gasteiger partial charge in [-0.2, -0.15) is 0 Å². The molecular formula is C16H24N6. The van der Waals surface area contributed by atoms with Crippen molar-refractivity contribution in [1.29, 1.82) is 0 Å². The zero-order valence-electron chi connectivity index (χ0n) is 13.1. The second kappa shape index (κ2) is 7.09. The molecule has 0 bridgehead atoms. The van der Waals surface area contributed by atoms with Gasteiger partial charge in [0.2, 0.25) is 0 Å². The first-order valence-corrected chi connectivity index (χ1v) is 7.39. The number of nitrogens with one attached hydrogen (secondary N) is 1. The molecule has 0 spiro atoms. The summed E-state index contributed by atoms with van der Waals surface area (Å²) in [6, 6.07) is 8.35. The summed E-state index contributed by atoms with van der Waals surface area (Å²) >= 11 is 0. The van der Waals surface area contributed by atoms with Gasteiger partial charge in [0.1, 0.15) is 5.82 Å². The minimum atomic E-state index is 0.292. The molecule has 2 aromatic rings. The Morgan fingerprint density at radius 2 is 1.82 bits per heavy atom. The van der Waals surface area contributed by atoms with E-state index < -0.39 is 0 Å². The summed E-state index contributed by atoms with van der Waals surface area (Å²) in [6.45, 7) is 5.19. The highest BCUT2D eigenvalue weighted by Crippen LogP contribution is 2.18. The van der Waals surface area contributed by atoms with Crippen LogP contribution in [0.25, 0.3) is 0 Å². The van der Waals surface area contributed by atoms with Crippen molar-refractivity contribution >= 4 is 17.5 Å². The van der Waals surface area contributed by atoms with E-state index >= 15 is 0 Å². The van der Waals surface area contributed by atoms with Crippen molar-refractivity contribution in [2.45, 2.75) is 20.3 Å². The summed E-state index contributed by atoms with van der Waals surface area (Å²) < 4.78 is 0. The lowest BCUT2D eigenvalue weighted by atomic mass is 9.96. The molecule has 1 aromatic heterocycles. The van der Waals surface area contributed by atoms with Crippen molar-refractivity contribution in [2.24, 2.45) is 11.7 Å². The van der Waals surface area contributed by atoms with E-state index in [1.54, 1.807) is 6.92 Å². The molecule has 0 aliphatic heterocycles. The summed E-state index contributed by atoms with van der Waals surface area (Å²) in [5.41, 5.74) is 20.7. The van der Waals surface area contributed by atoms with E-state index in [-0.39, 0.29) is 0 Å². The Morgan fingerprint density at radius 1 is 1.09 bits per heavy atom. The molecule has 0 saturated carbocycles. The molecule has 1 aromatic carbocycles. The van der Waals surface area contributed by atoms with Crippen molar-refractivity contribution in [3.63, 3.8) is 0 Å². The fraction of sp³-hybridized carbons (Fsp3) is 0.375. The molecule has 7 N–H and O–H groups in total. The molecule has 0 amide bonds. The highest BCUT2D eigenvalue weighted by atomic mass is 15.1. The molecule has 22 heavy (non-hydrogen) atoms. The maximum Gasteiger partial charge on any atom is 0.169 e. The highest BCUT2D eigenvalue weighted by Gasteiger charge is 2.12. The van der Waals surface area contributed by atoms with Crippen LogP contribution < -0.4 is 22.5 Å². The maximum atomic E-state index is 5.90. The molecule has 0 saturated heterocycles. The zero-order chi connectivity index (χ0) is 16.1. The first-order valence-electron chi connectivity index (χ1n) is 7.39. The van der Waals surface area contributed by atoms with E-state index in [0.29, 0.717) is 42.2 Å². The lowest BCUT2D eigenvalue weighted by Crippen LogP contribution is -2.26. The van der Waals surface area contributed by atoms with Crippen LogP contribution in [-0.4, -0.2) is 23.1 Å². The van der Waals surface area contributed by atoms with Crippen molar-refractivity contribution < 1.29 is 0 Å². The number of rotatable bonds is 6. The summed E-state index contributed by atoms with van der Waals surface area (Å²) in [4.78, 5) is 8.41. The lowest BCUT2D eigenvalue weighted by molar-refractivity contribution is 0.562. The second-order valence-corrected chi connectivity index (χ2v) is 5.54. The Labute approximate surface area is 131 Å². The Balaban J connectivity index is 2.03. The van der Waals surface area contributed by atoms with Gasteiger partial charge in [-0.05, 0) is 43.9 Å².